The number of carbonyl (C=O) groups is 1. The molecule has 0 saturated heterocycles. The van der Waals surface area contributed by atoms with Crippen LogP contribution in [0.1, 0.15) is 28.4 Å². The van der Waals surface area contributed by atoms with Crippen LogP contribution in [-0.4, -0.2) is 5.78 Å². The van der Waals surface area contributed by atoms with E-state index in [1.165, 1.54) is 5.56 Å². The maximum Gasteiger partial charge on any atom is 0.194 e. The molecule has 0 saturated carbocycles. The number of aryl methyl sites for hydroxylation is 1. The van der Waals surface area contributed by atoms with Gasteiger partial charge in [0.05, 0.1) is 0 Å². The average Bonchev–Trinajstić information content (AvgIpc) is 2.64. The van der Waals surface area contributed by atoms with Gasteiger partial charge in [0.1, 0.15) is 0 Å². The number of hydrogen-bond acceptors (Lipinski definition) is 1. The van der Waals surface area contributed by atoms with E-state index >= 15 is 0 Å². The number of ketones is 1. The van der Waals surface area contributed by atoms with Gasteiger partial charge in [0, 0.05) is 11.1 Å². The Hall–Kier alpha value is -1.89. The summed E-state index contributed by atoms with van der Waals surface area (Å²) in [5.41, 5.74) is 5.08. The van der Waals surface area contributed by atoms with Crippen LogP contribution in [0.15, 0.2) is 42.5 Å². The van der Waals surface area contributed by atoms with E-state index in [4.69, 9.17) is 0 Å². The minimum atomic E-state index is 0.168. The molecule has 1 nitrogen and oxygen atoms in total. The Kier molecular flexibility index (Phi) is 1.93. The van der Waals surface area contributed by atoms with Gasteiger partial charge >= 0.3 is 0 Å². The van der Waals surface area contributed by atoms with E-state index in [-0.39, 0.29) is 5.78 Å². The Balaban J connectivity index is 2.29. The normalized spacial score (nSPS) is 12.4. The van der Waals surface area contributed by atoms with Crippen LogP contribution in [0.4, 0.5) is 0 Å². The lowest BCUT2D eigenvalue weighted by molar-refractivity contribution is 0.104. The highest BCUT2D eigenvalue weighted by molar-refractivity contribution is 6.21. The maximum atomic E-state index is 12.2. The zero-order chi connectivity index (χ0) is 11.1. The minimum Gasteiger partial charge on any atom is -0.289 e. The van der Waals surface area contributed by atoms with Crippen LogP contribution >= 0.6 is 0 Å². The summed E-state index contributed by atoms with van der Waals surface area (Å²) in [4.78, 5) is 12.2. The van der Waals surface area contributed by atoms with Gasteiger partial charge in [-0.3, -0.25) is 4.79 Å². The van der Waals surface area contributed by atoms with Gasteiger partial charge in [0.15, 0.2) is 5.78 Å². The molecule has 0 heterocycles. The van der Waals surface area contributed by atoms with Gasteiger partial charge in [0.2, 0.25) is 0 Å². The predicted molar refractivity (Wildman–Crippen MR) is 64.7 cm³/mol. The maximum absolute atomic E-state index is 12.2. The number of fused-ring (bicyclic) bond motifs is 3. The highest BCUT2D eigenvalue weighted by Gasteiger charge is 2.25. The monoisotopic (exact) mass is 208 g/mol. The number of carbonyl (C=O) groups excluding carboxylic acids is 1. The second-order valence-electron chi connectivity index (χ2n) is 4.11. The third kappa shape index (κ3) is 1.15. The van der Waals surface area contributed by atoms with E-state index in [1.807, 2.05) is 30.3 Å². The van der Waals surface area contributed by atoms with Crippen molar-refractivity contribution in [3.63, 3.8) is 0 Å². The van der Waals surface area contributed by atoms with E-state index in [0.29, 0.717) is 0 Å². The quantitative estimate of drug-likeness (QED) is 0.598. The first-order valence-corrected chi connectivity index (χ1v) is 5.58. The van der Waals surface area contributed by atoms with Crippen LogP contribution < -0.4 is 0 Å². The van der Waals surface area contributed by atoms with Crippen LogP contribution in [0, 0.1) is 0 Å². The fraction of sp³-hybridized carbons (Fsp3) is 0.133. The second kappa shape index (κ2) is 3.31. The van der Waals surface area contributed by atoms with E-state index in [9.17, 15) is 4.79 Å². The van der Waals surface area contributed by atoms with Crippen molar-refractivity contribution >= 4 is 5.78 Å². The molecule has 0 unspecified atom stereocenters. The van der Waals surface area contributed by atoms with Gasteiger partial charge in [0.25, 0.3) is 0 Å². The van der Waals surface area contributed by atoms with Crippen molar-refractivity contribution in [3.05, 3.63) is 59.2 Å². The summed E-state index contributed by atoms with van der Waals surface area (Å²) in [5, 5.41) is 0. The second-order valence-corrected chi connectivity index (χ2v) is 4.11. The Morgan fingerprint density at radius 3 is 2.31 bits per heavy atom. The molecular weight excluding hydrogens is 196 g/mol. The average molecular weight is 208 g/mol. The molecule has 0 N–H and O–H groups in total. The Bertz CT molecular complexity index is 582. The van der Waals surface area contributed by atoms with Gasteiger partial charge in [-0.2, -0.15) is 0 Å². The van der Waals surface area contributed by atoms with Crippen LogP contribution in [0.5, 0.6) is 0 Å². The summed E-state index contributed by atoms with van der Waals surface area (Å²) < 4.78 is 0. The third-order valence-corrected chi connectivity index (χ3v) is 3.20. The molecule has 16 heavy (non-hydrogen) atoms. The SMILES string of the molecule is CCc1ccc2c(c1)C(=O)c1ccccc1-2. The molecule has 0 aromatic heterocycles. The summed E-state index contributed by atoms with van der Waals surface area (Å²) in [7, 11) is 0. The van der Waals surface area contributed by atoms with Crippen molar-refractivity contribution in [2.24, 2.45) is 0 Å². The van der Waals surface area contributed by atoms with Gasteiger partial charge < -0.3 is 0 Å². The molecule has 0 spiro atoms. The smallest absolute Gasteiger partial charge is 0.194 e. The molecule has 1 aliphatic carbocycles. The summed E-state index contributed by atoms with van der Waals surface area (Å²) in [5.74, 6) is 0.168. The largest absolute Gasteiger partial charge is 0.289 e. The zero-order valence-corrected chi connectivity index (χ0v) is 9.16. The van der Waals surface area contributed by atoms with Gasteiger partial charge in [-0.15, -0.1) is 0 Å². The molecule has 0 amide bonds. The number of hydrogen-bond donors (Lipinski definition) is 0. The summed E-state index contributed by atoms with van der Waals surface area (Å²) in [6, 6.07) is 14.0. The first kappa shape index (κ1) is 9.34. The van der Waals surface area contributed by atoms with Gasteiger partial charge in [-0.25, -0.2) is 0 Å². The molecule has 2 aromatic rings. The molecular formula is C15H12O. The molecule has 1 aliphatic rings. The van der Waals surface area contributed by atoms with Gasteiger partial charge in [-0.1, -0.05) is 43.3 Å². The summed E-state index contributed by atoms with van der Waals surface area (Å²) in [6.07, 6.45) is 0.969. The van der Waals surface area contributed by atoms with Crippen LogP contribution in [-0.2, 0) is 6.42 Å². The minimum absolute atomic E-state index is 0.168. The topological polar surface area (TPSA) is 17.1 Å². The fourth-order valence-corrected chi connectivity index (χ4v) is 2.30. The molecule has 0 atom stereocenters. The lowest BCUT2D eigenvalue weighted by Crippen LogP contribution is -1.95. The summed E-state index contributed by atoms with van der Waals surface area (Å²) in [6.45, 7) is 2.11. The van der Waals surface area contributed by atoms with Crippen LogP contribution in [0.25, 0.3) is 11.1 Å². The van der Waals surface area contributed by atoms with Crippen molar-refractivity contribution in [1.29, 1.82) is 0 Å². The Morgan fingerprint density at radius 2 is 1.56 bits per heavy atom. The van der Waals surface area contributed by atoms with Crippen molar-refractivity contribution < 1.29 is 4.79 Å². The predicted octanol–water partition coefficient (Wildman–Crippen LogP) is 3.46. The summed E-state index contributed by atoms with van der Waals surface area (Å²) >= 11 is 0. The lowest BCUT2D eigenvalue weighted by atomic mass is 10.0. The number of rotatable bonds is 1. The highest BCUT2D eigenvalue weighted by atomic mass is 16.1. The zero-order valence-electron chi connectivity index (χ0n) is 9.16. The van der Waals surface area contributed by atoms with Crippen molar-refractivity contribution in [3.8, 4) is 11.1 Å². The van der Waals surface area contributed by atoms with Crippen molar-refractivity contribution in [2.45, 2.75) is 13.3 Å². The molecule has 0 aliphatic heterocycles. The molecule has 0 fully saturated rings. The van der Waals surface area contributed by atoms with Crippen molar-refractivity contribution in [2.75, 3.05) is 0 Å². The molecule has 3 rings (SSSR count). The molecule has 2 aromatic carbocycles. The van der Waals surface area contributed by atoms with E-state index in [2.05, 4.69) is 19.1 Å². The Labute approximate surface area is 94.7 Å². The van der Waals surface area contributed by atoms with Crippen LogP contribution in [0.2, 0.25) is 0 Å². The van der Waals surface area contributed by atoms with Crippen LogP contribution in [0.3, 0.4) is 0 Å². The third-order valence-electron chi connectivity index (χ3n) is 3.20. The lowest BCUT2D eigenvalue weighted by Gasteiger charge is -2.01. The van der Waals surface area contributed by atoms with E-state index in [0.717, 1.165) is 28.7 Å². The van der Waals surface area contributed by atoms with E-state index < -0.39 is 0 Å². The Morgan fingerprint density at radius 1 is 0.875 bits per heavy atom. The van der Waals surface area contributed by atoms with E-state index in [1.54, 1.807) is 0 Å². The molecule has 0 bridgehead atoms. The first-order valence-electron chi connectivity index (χ1n) is 5.58. The molecule has 0 radical (unpaired) electrons. The molecule has 1 heteroatoms. The van der Waals surface area contributed by atoms with Gasteiger partial charge in [-0.05, 0) is 29.2 Å². The van der Waals surface area contributed by atoms with Crippen molar-refractivity contribution in [1.82, 2.24) is 0 Å². The standard InChI is InChI=1S/C15H12O/c1-2-10-7-8-12-11-5-3-4-6-13(11)15(16)14(12)9-10/h3-9H,2H2,1H3. The fourth-order valence-electron chi connectivity index (χ4n) is 2.30. The highest BCUT2D eigenvalue weighted by Crippen LogP contribution is 2.36. The first-order chi connectivity index (χ1) is 7.81. The molecule has 78 valence electrons. The number of benzene rings is 2.